The highest BCUT2D eigenvalue weighted by atomic mass is 32.2. The lowest BCUT2D eigenvalue weighted by Gasteiger charge is -2.32. The summed E-state index contributed by atoms with van der Waals surface area (Å²) in [5.74, 6) is 0. The van der Waals surface area contributed by atoms with Crippen LogP contribution < -0.4 is 0 Å². The van der Waals surface area contributed by atoms with Gasteiger partial charge in [-0.2, -0.15) is 4.31 Å². The van der Waals surface area contributed by atoms with Gasteiger partial charge in [0.15, 0.2) is 0 Å². The van der Waals surface area contributed by atoms with Crippen LogP contribution >= 0.6 is 11.8 Å². The van der Waals surface area contributed by atoms with Gasteiger partial charge in [-0.3, -0.25) is 0 Å². The molecule has 0 amide bonds. The van der Waals surface area contributed by atoms with Gasteiger partial charge in [-0.15, -0.1) is 11.8 Å². The topological polar surface area (TPSA) is 37.4 Å². The Labute approximate surface area is 187 Å². The van der Waals surface area contributed by atoms with Gasteiger partial charge in [-0.05, 0) is 63.3 Å². The normalized spacial score (nSPS) is 18.6. The largest absolute Gasteiger partial charge is 0.243 e. The fourth-order valence-electron chi connectivity index (χ4n) is 4.73. The molecule has 3 nitrogen and oxygen atoms in total. The standard InChI is InChI=1S/C25H35NO2S2/c1-5-6-8-15-24(29-22-12-9-7-10-13-22)23-14-11-16-26(23)30(27,28)25-20(3)17-19(2)18-21(25)4/h7,9-10,12-13,17-18,23-24H,5-6,8,11,14-16H2,1-4H3/t23-,24-/m0/s1. The highest BCUT2D eigenvalue weighted by molar-refractivity contribution is 8.00. The summed E-state index contributed by atoms with van der Waals surface area (Å²) in [4.78, 5) is 1.74. The molecule has 3 rings (SSSR count). The summed E-state index contributed by atoms with van der Waals surface area (Å²) in [5.41, 5.74) is 2.83. The summed E-state index contributed by atoms with van der Waals surface area (Å²) in [6.07, 6.45) is 6.45. The Morgan fingerprint density at radius 1 is 1.07 bits per heavy atom. The molecule has 2 atom stereocenters. The van der Waals surface area contributed by atoms with Crippen LogP contribution in [0.1, 0.15) is 62.1 Å². The Bertz CT molecular complexity index is 918. The first-order chi connectivity index (χ1) is 14.3. The number of benzene rings is 2. The predicted molar refractivity (Wildman–Crippen MR) is 128 cm³/mol. The van der Waals surface area contributed by atoms with Gasteiger partial charge >= 0.3 is 0 Å². The van der Waals surface area contributed by atoms with Crippen molar-refractivity contribution in [1.82, 2.24) is 4.31 Å². The van der Waals surface area contributed by atoms with Crippen molar-refractivity contribution in [2.24, 2.45) is 0 Å². The molecule has 1 aliphatic rings. The minimum atomic E-state index is -3.51. The average molecular weight is 446 g/mol. The van der Waals surface area contributed by atoms with Gasteiger partial charge in [0, 0.05) is 22.7 Å². The van der Waals surface area contributed by atoms with Crippen LogP contribution in [0.2, 0.25) is 0 Å². The molecule has 0 radical (unpaired) electrons. The Hall–Kier alpha value is -1.30. The van der Waals surface area contributed by atoms with E-state index in [1.165, 1.54) is 17.7 Å². The molecule has 5 heteroatoms. The van der Waals surface area contributed by atoms with Crippen molar-refractivity contribution in [3.05, 3.63) is 59.2 Å². The van der Waals surface area contributed by atoms with E-state index in [4.69, 9.17) is 0 Å². The third-order valence-electron chi connectivity index (χ3n) is 5.97. The summed E-state index contributed by atoms with van der Waals surface area (Å²) in [6.45, 7) is 8.72. The number of unbranched alkanes of at least 4 members (excludes halogenated alkanes) is 2. The van der Waals surface area contributed by atoms with E-state index >= 15 is 0 Å². The number of thioether (sulfide) groups is 1. The first-order valence-corrected chi connectivity index (χ1v) is 13.5. The summed E-state index contributed by atoms with van der Waals surface area (Å²) in [6, 6.07) is 14.5. The molecule has 164 valence electrons. The Morgan fingerprint density at radius 2 is 1.73 bits per heavy atom. The molecular weight excluding hydrogens is 410 g/mol. The molecule has 30 heavy (non-hydrogen) atoms. The van der Waals surface area contributed by atoms with E-state index in [1.54, 1.807) is 0 Å². The van der Waals surface area contributed by atoms with Crippen molar-refractivity contribution in [2.45, 2.75) is 87.3 Å². The minimum absolute atomic E-state index is 0.0529. The molecule has 0 aliphatic carbocycles. The molecule has 0 aromatic heterocycles. The third kappa shape index (κ3) is 5.30. The predicted octanol–water partition coefficient (Wildman–Crippen LogP) is 6.51. The maximum Gasteiger partial charge on any atom is 0.243 e. The van der Waals surface area contributed by atoms with Crippen LogP contribution in [0, 0.1) is 20.8 Å². The fraction of sp³-hybridized carbons (Fsp3) is 0.520. The van der Waals surface area contributed by atoms with Gasteiger partial charge in [0.1, 0.15) is 0 Å². The highest BCUT2D eigenvalue weighted by Crippen LogP contribution is 2.39. The Balaban J connectivity index is 1.92. The Kier molecular flexibility index (Phi) is 8.05. The van der Waals surface area contributed by atoms with E-state index in [0.29, 0.717) is 11.4 Å². The van der Waals surface area contributed by atoms with Gasteiger partial charge in [-0.25, -0.2) is 8.42 Å². The maximum absolute atomic E-state index is 13.8. The van der Waals surface area contributed by atoms with Crippen LogP contribution in [-0.4, -0.2) is 30.6 Å². The SMILES string of the molecule is CCCCC[C@H](Sc1ccccc1)[C@@H]1CCCN1S(=O)(=O)c1c(C)cc(C)cc1C. The number of rotatable bonds is 9. The molecule has 0 unspecified atom stereocenters. The molecular formula is C25H35NO2S2. The summed E-state index contributed by atoms with van der Waals surface area (Å²) < 4.78 is 29.4. The second-order valence-corrected chi connectivity index (χ2v) is 11.7. The smallest absolute Gasteiger partial charge is 0.207 e. The molecule has 0 bridgehead atoms. The van der Waals surface area contributed by atoms with Gasteiger partial charge in [0.05, 0.1) is 4.90 Å². The van der Waals surface area contributed by atoms with Crippen LogP contribution in [0.15, 0.2) is 52.3 Å². The average Bonchev–Trinajstić information content (AvgIpc) is 3.18. The zero-order valence-electron chi connectivity index (χ0n) is 18.7. The molecule has 2 aromatic rings. The first-order valence-electron chi connectivity index (χ1n) is 11.2. The number of hydrogen-bond donors (Lipinski definition) is 0. The lowest BCUT2D eigenvalue weighted by atomic mass is 10.1. The van der Waals surface area contributed by atoms with E-state index in [9.17, 15) is 8.42 Å². The van der Waals surface area contributed by atoms with Crippen molar-refractivity contribution < 1.29 is 8.42 Å². The van der Waals surface area contributed by atoms with Crippen LogP contribution in [0.5, 0.6) is 0 Å². The van der Waals surface area contributed by atoms with Crippen molar-refractivity contribution in [1.29, 1.82) is 0 Å². The van der Waals surface area contributed by atoms with Crippen LogP contribution in [0.3, 0.4) is 0 Å². The molecule has 1 aliphatic heterocycles. The zero-order valence-corrected chi connectivity index (χ0v) is 20.4. The van der Waals surface area contributed by atoms with E-state index in [-0.39, 0.29) is 11.3 Å². The number of aryl methyl sites for hydroxylation is 3. The molecule has 1 saturated heterocycles. The zero-order chi connectivity index (χ0) is 21.7. The van der Waals surface area contributed by atoms with Crippen LogP contribution in [0.4, 0.5) is 0 Å². The monoisotopic (exact) mass is 445 g/mol. The molecule has 0 saturated carbocycles. The Morgan fingerprint density at radius 3 is 2.37 bits per heavy atom. The van der Waals surface area contributed by atoms with Gasteiger partial charge in [-0.1, -0.05) is 62.1 Å². The molecule has 0 spiro atoms. The fourth-order valence-corrected chi connectivity index (χ4v) is 8.34. The molecule has 2 aromatic carbocycles. The van der Waals surface area contributed by atoms with E-state index in [1.807, 2.05) is 55.0 Å². The number of hydrogen-bond acceptors (Lipinski definition) is 3. The van der Waals surface area contributed by atoms with E-state index in [0.717, 1.165) is 42.4 Å². The van der Waals surface area contributed by atoms with Gasteiger partial charge in [0.25, 0.3) is 0 Å². The van der Waals surface area contributed by atoms with Crippen molar-refractivity contribution in [3.8, 4) is 0 Å². The summed E-state index contributed by atoms with van der Waals surface area (Å²) >= 11 is 1.86. The van der Waals surface area contributed by atoms with Gasteiger partial charge < -0.3 is 0 Å². The van der Waals surface area contributed by atoms with E-state index in [2.05, 4.69) is 31.2 Å². The molecule has 0 N–H and O–H groups in total. The minimum Gasteiger partial charge on any atom is -0.207 e. The highest BCUT2D eigenvalue weighted by Gasteiger charge is 2.40. The maximum atomic E-state index is 13.8. The summed E-state index contributed by atoms with van der Waals surface area (Å²) in [5, 5.41) is 0.280. The van der Waals surface area contributed by atoms with E-state index < -0.39 is 10.0 Å². The summed E-state index contributed by atoms with van der Waals surface area (Å²) in [7, 11) is -3.51. The quantitative estimate of drug-likeness (QED) is 0.326. The second-order valence-electron chi connectivity index (χ2n) is 8.52. The lowest BCUT2D eigenvalue weighted by Crippen LogP contribution is -2.42. The van der Waals surface area contributed by atoms with Crippen LogP contribution in [0.25, 0.3) is 0 Å². The number of sulfonamides is 1. The van der Waals surface area contributed by atoms with Crippen LogP contribution in [-0.2, 0) is 10.0 Å². The third-order valence-corrected chi connectivity index (χ3v) is 9.60. The van der Waals surface area contributed by atoms with Crippen molar-refractivity contribution >= 4 is 21.8 Å². The molecule has 1 fully saturated rings. The van der Waals surface area contributed by atoms with Crippen molar-refractivity contribution in [2.75, 3.05) is 6.54 Å². The van der Waals surface area contributed by atoms with Gasteiger partial charge in [0.2, 0.25) is 10.0 Å². The van der Waals surface area contributed by atoms with Crippen molar-refractivity contribution in [3.63, 3.8) is 0 Å². The first kappa shape index (κ1) is 23.4. The number of nitrogens with zero attached hydrogens (tertiary/aromatic N) is 1. The molecule has 1 heterocycles. The lowest BCUT2D eigenvalue weighted by molar-refractivity contribution is 0.367. The second kappa shape index (κ2) is 10.3.